The van der Waals surface area contributed by atoms with E-state index in [9.17, 15) is 4.79 Å². The third kappa shape index (κ3) is 2.72. The fourth-order valence-electron chi connectivity index (χ4n) is 1.53. The summed E-state index contributed by atoms with van der Waals surface area (Å²) in [7, 11) is 0. The van der Waals surface area contributed by atoms with Crippen LogP contribution >= 0.6 is 0 Å². The van der Waals surface area contributed by atoms with Gasteiger partial charge in [-0.05, 0) is 32.0 Å². The van der Waals surface area contributed by atoms with Crippen molar-refractivity contribution in [3.8, 4) is 17.0 Å². The average molecular weight is 230 g/mol. The van der Waals surface area contributed by atoms with Crippen molar-refractivity contribution < 1.29 is 4.74 Å². The first-order chi connectivity index (χ1) is 8.16. The number of aromatic nitrogens is 2. The van der Waals surface area contributed by atoms with E-state index >= 15 is 0 Å². The highest BCUT2D eigenvalue weighted by molar-refractivity contribution is 5.66. The van der Waals surface area contributed by atoms with Gasteiger partial charge >= 0.3 is 0 Å². The Morgan fingerprint density at radius 1 is 1.18 bits per heavy atom. The summed E-state index contributed by atoms with van der Waals surface area (Å²) >= 11 is 0. The number of hydrogen-bond donors (Lipinski definition) is 1. The highest BCUT2D eigenvalue weighted by Crippen LogP contribution is 2.28. The largest absolute Gasteiger partial charge is 0.490 e. The van der Waals surface area contributed by atoms with E-state index in [4.69, 9.17) is 4.74 Å². The molecule has 0 spiro atoms. The second-order valence-corrected chi connectivity index (χ2v) is 3.97. The topological polar surface area (TPSA) is 55.0 Å². The Labute approximate surface area is 99.3 Å². The highest BCUT2D eigenvalue weighted by atomic mass is 16.5. The molecule has 88 valence electrons. The van der Waals surface area contributed by atoms with Crippen LogP contribution in [0.4, 0.5) is 0 Å². The highest BCUT2D eigenvalue weighted by Gasteiger charge is 2.08. The fraction of sp³-hybridized carbons (Fsp3) is 0.231. The Morgan fingerprint density at radius 3 is 2.59 bits per heavy atom. The molecule has 0 unspecified atom stereocenters. The Morgan fingerprint density at radius 2 is 1.94 bits per heavy atom. The first kappa shape index (κ1) is 11.4. The Hall–Kier alpha value is -2.10. The molecule has 2 aromatic rings. The van der Waals surface area contributed by atoms with Gasteiger partial charge in [-0.1, -0.05) is 12.1 Å². The molecule has 0 radical (unpaired) electrons. The summed E-state index contributed by atoms with van der Waals surface area (Å²) in [6.45, 7) is 3.94. The van der Waals surface area contributed by atoms with Gasteiger partial charge in [-0.2, -0.15) is 5.10 Å². The third-order valence-electron chi connectivity index (χ3n) is 2.20. The van der Waals surface area contributed by atoms with Gasteiger partial charge in [0.25, 0.3) is 5.56 Å². The summed E-state index contributed by atoms with van der Waals surface area (Å²) < 4.78 is 5.70. The minimum absolute atomic E-state index is 0.0962. The van der Waals surface area contributed by atoms with Crippen molar-refractivity contribution in [3.05, 3.63) is 46.8 Å². The molecule has 0 atom stereocenters. The van der Waals surface area contributed by atoms with Gasteiger partial charge < -0.3 is 4.74 Å². The molecule has 0 aliphatic carbocycles. The summed E-state index contributed by atoms with van der Waals surface area (Å²) in [4.78, 5) is 11.0. The Bertz CT molecular complexity index is 541. The van der Waals surface area contributed by atoms with E-state index in [1.54, 1.807) is 6.07 Å². The molecule has 0 amide bonds. The van der Waals surface area contributed by atoms with E-state index in [1.165, 1.54) is 6.07 Å². The predicted octanol–water partition coefficient (Wildman–Crippen LogP) is 2.22. The van der Waals surface area contributed by atoms with Crippen LogP contribution < -0.4 is 10.3 Å². The molecular weight excluding hydrogens is 216 g/mol. The van der Waals surface area contributed by atoms with E-state index < -0.39 is 0 Å². The smallest absolute Gasteiger partial charge is 0.264 e. The Kier molecular flexibility index (Phi) is 3.23. The maximum absolute atomic E-state index is 11.0. The van der Waals surface area contributed by atoms with Gasteiger partial charge in [0, 0.05) is 11.6 Å². The van der Waals surface area contributed by atoms with Crippen LogP contribution in [0.2, 0.25) is 0 Å². The van der Waals surface area contributed by atoms with E-state index in [0.29, 0.717) is 5.69 Å². The quantitative estimate of drug-likeness (QED) is 0.879. The standard InChI is InChI=1S/C13H14N2O2/c1-9(2)17-12-6-4-3-5-10(12)11-7-8-13(16)15-14-11/h3-9H,1-2H3,(H,15,16). The number of ether oxygens (including phenoxy) is 1. The molecule has 1 aromatic carbocycles. The van der Waals surface area contributed by atoms with Crippen LogP contribution in [0.3, 0.4) is 0 Å². The number of benzene rings is 1. The molecule has 4 nitrogen and oxygen atoms in total. The normalized spacial score (nSPS) is 10.5. The maximum atomic E-state index is 11.0. The van der Waals surface area contributed by atoms with Crippen molar-refractivity contribution in [2.45, 2.75) is 20.0 Å². The van der Waals surface area contributed by atoms with E-state index in [1.807, 2.05) is 38.1 Å². The number of nitrogens with zero attached hydrogens (tertiary/aromatic N) is 1. The zero-order valence-electron chi connectivity index (χ0n) is 9.81. The lowest BCUT2D eigenvalue weighted by molar-refractivity contribution is 0.243. The lowest BCUT2D eigenvalue weighted by Crippen LogP contribution is -2.08. The van der Waals surface area contributed by atoms with Gasteiger partial charge in [-0.25, -0.2) is 5.10 Å². The van der Waals surface area contributed by atoms with Crippen LogP contribution in [0.25, 0.3) is 11.3 Å². The van der Waals surface area contributed by atoms with Crippen molar-refractivity contribution in [2.75, 3.05) is 0 Å². The van der Waals surface area contributed by atoms with Crippen LogP contribution in [0.5, 0.6) is 5.75 Å². The van der Waals surface area contributed by atoms with Crippen molar-refractivity contribution >= 4 is 0 Å². The summed E-state index contributed by atoms with van der Waals surface area (Å²) in [6.07, 6.45) is 0.0962. The van der Waals surface area contributed by atoms with Crippen molar-refractivity contribution in [1.29, 1.82) is 0 Å². The van der Waals surface area contributed by atoms with Gasteiger partial charge in [-0.3, -0.25) is 4.79 Å². The number of rotatable bonds is 3. The minimum Gasteiger partial charge on any atom is -0.490 e. The van der Waals surface area contributed by atoms with Gasteiger partial charge in [0.15, 0.2) is 0 Å². The van der Waals surface area contributed by atoms with Crippen LogP contribution in [0, 0.1) is 0 Å². The van der Waals surface area contributed by atoms with Crippen LogP contribution in [0.15, 0.2) is 41.2 Å². The van der Waals surface area contributed by atoms with Crippen molar-refractivity contribution in [2.24, 2.45) is 0 Å². The molecule has 1 aromatic heterocycles. The van der Waals surface area contributed by atoms with E-state index in [2.05, 4.69) is 10.2 Å². The molecular formula is C13H14N2O2. The summed E-state index contributed by atoms with van der Waals surface area (Å²) in [6, 6.07) is 10.8. The zero-order chi connectivity index (χ0) is 12.3. The lowest BCUT2D eigenvalue weighted by atomic mass is 10.1. The molecule has 0 saturated heterocycles. The molecule has 17 heavy (non-hydrogen) atoms. The Balaban J connectivity index is 2.44. The molecule has 2 rings (SSSR count). The molecule has 1 heterocycles. The molecule has 1 N–H and O–H groups in total. The van der Waals surface area contributed by atoms with Gasteiger partial charge in [0.1, 0.15) is 5.75 Å². The van der Waals surface area contributed by atoms with E-state index in [0.717, 1.165) is 11.3 Å². The molecule has 0 fully saturated rings. The van der Waals surface area contributed by atoms with Crippen LogP contribution in [-0.2, 0) is 0 Å². The first-order valence-electron chi connectivity index (χ1n) is 5.48. The monoisotopic (exact) mass is 230 g/mol. The van der Waals surface area contributed by atoms with Crippen molar-refractivity contribution in [1.82, 2.24) is 10.2 Å². The first-order valence-corrected chi connectivity index (χ1v) is 5.48. The van der Waals surface area contributed by atoms with Gasteiger partial charge in [-0.15, -0.1) is 0 Å². The minimum atomic E-state index is -0.212. The number of H-pyrrole nitrogens is 1. The zero-order valence-corrected chi connectivity index (χ0v) is 9.81. The van der Waals surface area contributed by atoms with Gasteiger partial charge in [0.2, 0.25) is 0 Å². The van der Waals surface area contributed by atoms with Crippen LogP contribution in [0.1, 0.15) is 13.8 Å². The summed E-state index contributed by atoms with van der Waals surface area (Å²) in [5, 5.41) is 6.42. The molecule has 0 aliphatic heterocycles. The number of hydrogen-bond acceptors (Lipinski definition) is 3. The van der Waals surface area contributed by atoms with E-state index in [-0.39, 0.29) is 11.7 Å². The number of para-hydroxylation sites is 1. The van der Waals surface area contributed by atoms with Gasteiger partial charge in [0.05, 0.1) is 11.8 Å². The average Bonchev–Trinajstić information content (AvgIpc) is 2.30. The third-order valence-corrected chi connectivity index (χ3v) is 2.20. The summed E-state index contributed by atoms with van der Waals surface area (Å²) in [5.41, 5.74) is 1.36. The predicted molar refractivity (Wildman–Crippen MR) is 66.1 cm³/mol. The summed E-state index contributed by atoms with van der Waals surface area (Å²) in [5.74, 6) is 0.766. The number of nitrogens with one attached hydrogen (secondary N) is 1. The maximum Gasteiger partial charge on any atom is 0.264 e. The SMILES string of the molecule is CC(C)Oc1ccccc1-c1ccc(=O)[nH]n1. The van der Waals surface area contributed by atoms with Crippen molar-refractivity contribution in [3.63, 3.8) is 0 Å². The molecule has 0 aliphatic rings. The van der Waals surface area contributed by atoms with Crippen LogP contribution in [-0.4, -0.2) is 16.3 Å². The molecule has 4 heteroatoms. The molecule has 0 bridgehead atoms. The second-order valence-electron chi connectivity index (χ2n) is 3.97. The lowest BCUT2D eigenvalue weighted by Gasteiger charge is -2.13. The molecule has 0 saturated carbocycles. The fourth-order valence-corrected chi connectivity index (χ4v) is 1.53. The second kappa shape index (κ2) is 4.82. The number of aromatic amines is 1.